The molecular weight excluding hydrogens is 384 g/mol. The fourth-order valence-electron chi connectivity index (χ4n) is 0.0488. The molecule has 19 heavy (non-hydrogen) atoms. The van der Waals surface area contributed by atoms with Gasteiger partial charge in [0.05, 0.1) is 0 Å². The minimum atomic E-state index is -1.69. The monoisotopic (exact) mass is 383 g/mol. The Morgan fingerprint density at radius 2 is 0.895 bits per heavy atom. The van der Waals surface area contributed by atoms with Crippen LogP contribution in [0.15, 0.2) is 0 Å². The van der Waals surface area contributed by atoms with Crippen LogP contribution in [0.2, 0.25) is 0 Å². The second-order valence-corrected chi connectivity index (χ2v) is 3.44. The zero-order valence-electron chi connectivity index (χ0n) is 8.49. The van der Waals surface area contributed by atoms with Gasteiger partial charge < -0.3 is 0 Å². The van der Waals surface area contributed by atoms with E-state index >= 15 is 0 Å². The van der Waals surface area contributed by atoms with Gasteiger partial charge in [0.2, 0.25) is 4.84 Å². The van der Waals surface area contributed by atoms with Crippen LogP contribution < -0.4 is 0 Å². The van der Waals surface area contributed by atoms with Gasteiger partial charge in [0.25, 0.3) is 0 Å². The number of hydrogen-bond acceptors (Lipinski definition) is 0. The smallest absolute Gasteiger partial charge is 0 e. The van der Waals surface area contributed by atoms with Crippen LogP contribution in [0.1, 0.15) is 0 Å². The van der Waals surface area contributed by atoms with E-state index in [1.807, 2.05) is 0 Å². The number of rotatable bonds is 1. The van der Waals surface area contributed by atoms with Crippen molar-refractivity contribution in [2.24, 2.45) is 0 Å². The molecule has 0 aliphatic carbocycles. The SMILES string of the molecule is [C-]#[N+]C(Cl)(Cl)C(Cl)Cl.[C-]#[O+].[C-]#[O+].[C-]#[O+].[C-]#[O+].[C-]#[O+].[Cr]. The molecule has 0 N–H and O–H groups in total. The third kappa shape index (κ3) is 57.2. The molecule has 0 fully saturated rings. The van der Waals surface area contributed by atoms with E-state index in [0.717, 1.165) is 0 Å². The Morgan fingerprint density at radius 1 is 0.737 bits per heavy atom. The summed E-state index contributed by atoms with van der Waals surface area (Å²) in [6.07, 6.45) is 0. The fourth-order valence-corrected chi connectivity index (χ4v) is 0.146. The van der Waals surface area contributed by atoms with Gasteiger partial charge in [-0.25, -0.2) is 6.57 Å². The average molecular weight is 385 g/mol. The van der Waals surface area contributed by atoms with Crippen molar-refractivity contribution in [3.8, 4) is 0 Å². The van der Waals surface area contributed by atoms with Gasteiger partial charge in [-0.1, -0.05) is 23.2 Å². The molecule has 0 amide bonds. The first-order chi connectivity index (χ1) is 8.50. The van der Waals surface area contributed by atoms with Crippen molar-refractivity contribution < 1.29 is 40.6 Å². The van der Waals surface area contributed by atoms with Crippen LogP contribution in [0.25, 0.3) is 4.85 Å². The number of halogens is 4. The van der Waals surface area contributed by atoms with Crippen molar-refractivity contribution in [3.63, 3.8) is 0 Å². The first-order valence-electron chi connectivity index (χ1n) is 2.57. The molecule has 0 aromatic carbocycles. The summed E-state index contributed by atoms with van der Waals surface area (Å²) in [6.45, 7) is 28.8. The van der Waals surface area contributed by atoms with E-state index in [1.165, 1.54) is 0 Å². The standard InChI is InChI=1S/C3HCl4N.5CO.Cr/c1-8-3(6,7)2(4)5;5*1-2;/h2H;;;;;;. The van der Waals surface area contributed by atoms with Crippen molar-refractivity contribution in [2.45, 2.75) is 9.29 Å². The Kier molecular flexibility index (Phi) is 117. The summed E-state index contributed by atoms with van der Waals surface area (Å²) in [7, 11) is 0. The maximum Gasteiger partial charge on any atom is 0 e. The molecule has 6 nitrogen and oxygen atoms in total. The third-order valence-electron chi connectivity index (χ3n) is 0.412. The summed E-state index contributed by atoms with van der Waals surface area (Å²) in [5, 5.41) is 0. The van der Waals surface area contributed by atoms with Crippen LogP contribution in [0.3, 0.4) is 0 Å². The summed E-state index contributed by atoms with van der Waals surface area (Å²) >= 11 is 20.7. The van der Waals surface area contributed by atoms with Gasteiger partial charge in [0.1, 0.15) is 0 Å². The van der Waals surface area contributed by atoms with Gasteiger partial charge in [-0.3, -0.25) is 4.85 Å². The molecule has 0 heterocycles. The van der Waals surface area contributed by atoms with E-state index < -0.39 is 9.29 Å². The third-order valence-corrected chi connectivity index (χ3v) is 2.10. The summed E-state index contributed by atoms with van der Waals surface area (Å²) in [6, 6.07) is 0. The molecular formula is C8HCl4CrNO5. The van der Waals surface area contributed by atoms with Crippen molar-refractivity contribution in [2.75, 3.05) is 0 Å². The van der Waals surface area contributed by atoms with Crippen LogP contribution in [0.5, 0.6) is 0 Å². The zero-order valence-corrected chi connectivity index (χ0v) is 12.8. The van der Waals surface area contributed by atoms with E-state index in [1.54, 1.807) is 0 Å². The fraction of sp³-hybridized carbons (Fsp3) is 0.250. The van der Waals surface area contributed by atoms with E-state index in [9.17, 15) is 0 Å². The average Bonchev–Trinajstić information content (AvgIpc) is 2.49. The summed E-state index contributed by atoms with van der Waals surface area (Å²) < 4.78 is 35.8. The Morgan fingerprint density at radius 3 is 0.895 bits per heavy atom. The summed E-state index contributed by atoms with van der Waals surface area (Å²) in [5.41, 5.74) is 0. The van der Waals surface area contributed by atoms with Crippen LogP contribution in [-0.2, 0) is 40.6 Å². The van der Waals surface area contributed by atoms with Crippen LogP contribution in [0.4, 0.5) is 0 Å². The second kappa shape index (κ2) is 52.2. The van der Waals surface area contributed by atoms with E-state index in [2.05, 4.69) is 38.1 Å². The van der Waals surface area contributed by atoms with Gasteiger partial charge in [-0.2, -0.15) is 0 Å². The summed E-state index contributed by atoms with van der Waals surface area (Å²) in [5.74, 6) is 0. The van der Waals surface area contributed by atoms with Crippen LogP contribution in [-0.4, -0.2) is 9.29 Å². The molecule has 0 rings (SSSR count). The Hall–Kier alpha value is -0.118. The van der Waals surface area contributed by atoms with Crippen molar-refractivity contribution in [1.82, 2.24) is 0 Å². The number of nitrogens with zero attached hydrogens (tertiary/aromatic N) is 1. The van der Waals surface area contributed by atoms with Gasteiger partial charge in [-0.05, 0) is 23.2 Å². The normalized spacial score (nSPS) is 5.37. The minimum Gasteiger partial charge on any atom is 0 e. The molecule has 0 atom stereocenters. The van der Waals surface area contributed by atoms with Gasteiger partial charge >= 0.3 is 61.0 Å². The Bertz CT molecular complexity index is 257. The molecule has 0 aromatic heterocycles. The summed E-state index contributed by atoms with van der Waals surface area (Å²) in [4.78, 5) is 1.67. The molecule has 102 valence electrons. The van der Waals surface area contributed by atoms with Crippen LogP contribution in [0, 0.1) is 39.8 Å². The van der Waals surface area contributed by atoms with Gasteiger partial charge in [-0.15, -0.1) is 0 Å². The molecule has 11 heteroatoms. The predicted octanol–water partition coefficient (Wildman–Crippen LogP) is 2.65. The molecule has 0 saturated heterocycles. The minimum absolute atomic E-state index is 0. The van der Waals surface area contributed by atoms with Crippen molar-refractivity contribution in [3.05, 3.63) is 44.7 Å². The predicted molar refractivity (Wildman–Crippen MR) is 56.2 cm³/mol. The maximum atomic E-state index is 7.50. The van der Waals surface area contributed by atoms with E-state index in [-0.39, 0.29) is 17.4 Å². The largest absolute Gasteiger partial charge is 0 e. The topological polar surface area (TPSA) is 104 Å². The van der Waals surface area contributed by atoms with E-state index in [4.69, 9.17) is 76.2 Å². The zero-order chi connectivity index (χ0) is 16.8. The van der Waals surface area contributed by atoms with Crippen molar-refractivity contribution >= 4 is 46.4 Å². The number of hydrogen-bond donors (Lipinski definition) is 0. The Balaban J connectivity index is -0.0000000223. The molecule has 0 bridgehead atoms. The Labute approximate surface area is 140 Å². The number of alkyl halides is 4. The quantitative estimate of drug-likeness (QED) is 0.287. The second-order valence-electron chi connectivity index (χ2n) is 1.00. The first-order valence-corrected chi connectivity index (χ1v) is 4.20. The molecule has 0 aliphatic heterocycles. The maximum absolute atomic E-state index is 7.50. The van der Waals surface area contributed by atoms with Gasteiger partial charge in [0.15, 0.2) is 0 Å². The molecule has 0 aromatic rings. The molecule has 0 spiro atoms. The molecule has 0 radical (unpaired) electrons. The molecule has 0 aliphatic rings. The molecule has 0 saturated carbocycles. The first kappa shape index (κ1) is 42.8. The molecule has 0 unspecified atom stereocenters. The van der Waals surface area contributed by atoms with Crippen molar-refractivity contribution in [1.29, 1.82) is 0 Å². The van der Waals surface area contributed by atoms with E-state index in [0.29, 0.717) is 0 Å². The van der Waals surface area contributed by atoms with Gasteiger partial charge in [0, 0.05) is 17.4 Å². The van der Waals surface area contributed by atoms with Crippen LogP contribution >= 0.6 is 46.4 Å².